The zero-order valence-electron chi connectivity index (χ0n) is 15.8. The van der Waals surface area contributed by atoms with E-state index in [1.54, 1.807) is 37.4 Å². The van der Waals surface area contributed by atoms with E-state index in [9.17, 15) is 15.2 Å². The van der Waals surface area contributed by atoms with Crippen molar-refractivity contribution in [3.63, 3.8) is 0 Å². The lowest BCUT2D eigenvalue weighted by Gasteiger charge is -2.16. The van der Waals surface area contributed by atoms with Gasteiger partial charge in [0.1, 0.15) is 11.3 Å². The number of rotatable bonds is 4. The number of hydrogen-bond acceptors (Lipinski definition) is 8. The molecule has 0 saturated carbocycles. The summed E-state index contributed by atoms with van der Waals surface area (Å²) in [6, 6.07) is 9.40. The van der Waals surface area contributed by atoms with Crippen molar-refractivity contribution < 1.29 is 14.4 Å². The first-order valence-electron chi connectivity index (χ1n) is 8.86. The maximum absolute atomic E-state index is 10.7. The summed E-state index contributed by atoms with van der Waals surface area (Å²) in [7, 11) is 0. The van der Waals surface area contributed by atoms with E-state index >= 15 is 0 Å². The van der Waals surface area contributed by atoms with E-state index in [1.807, 2.05) is 0 Å². The van der Waals surface area contributed by atoms with Crippen LogP contribution in [0.15, 0.2) is 53.3 Å². The van der Waals surface area contributed by atoms with Crippen LogP contribution in [0.3, 0.4) is 0 Å². The van der Waals surface area contributed by atoms with Gasteiger partial charge in [-0.3, -0.25) is 10.1 Å². The van der Waals surface area contributed by atoms with Gasteiger partial charge in [0.2, 0.25) is 5.82 Å². The predicted molar refractivity (Wildman–Crippen MR) is 107 cm³/mol. The largest absolute Gasteiger partial charge is 0.461 e. The minimum absolute atomic E-state index is 0.0146. The Kier molecular flexibility index (Phi) is 4.65. The molecule has 4 aromatic rings. The molecule has 3 aromatic heterocycles. The smallest absolute Gasteiger partial charge is 0.269 e. The number of nitrogen functional groups attached to an aromatic ring is 1. The maximum atomic E-state index is 10.7. The quantitative estimate of drug-likeness (QED) is 0.299. The van der Waals surface area contributed by atoms with Crippen molar-refractivity contribution in [3.8, 4) is 23.4 Å². The molecule has 0 aliphatic heterocycles. The fourth-order valence-corrected chi connectivity index (χ4v) is 2.86. The molecule has 10 nitrogen and oxygen atoms in total. The molecule has 30 heavy (non-hydrogen) atoms. The van der Waals surface area contributed by atoms with E-state index in [-0.39, 0.29) is 17.9 Å². The summed E-state index contributed by atoms with van der Waals surface area (Å²) >= 11 is 0. The lowest BCUT2D eigenvalue weighted by Crippen LogP contribution is -2.24. The summed E-state index contributed by atoms with van der Waals surface area (Å²) in [5.41, 5.74) is 5.96. The summed E-state index contributed by atoms with van der Waals surface area (Å²) in [5, 5.41) is 25.7. The van der Waals surface area contributed by atoms with Gasteiger partial charge in [0.25, 0.3) is 5.69 Å². The highest BCUT2D eigenvalue weighted by Crippen LogP contribution is 2.19. The van der Waals surface area contributed by atoms with Crippen molar-refractivity contribution in [1.29, 1.82) is 0 Å². The zero-order chi connectivity index (χ0) is 21.3. The first-order valence-corrected chi connectivity index (χ1v) is 8.86. The standard InChI is InChI=1S/C20H16N6O4/c1-20(27,11-13-4-6-15(7-5-13)26(28)29)9-8-14-12-25-19(17(21)22-14)23-18(24-25)16-3-2-10-30-16/h2-7,10,12,27H,11H2,1H3,(H2,21,22). The Morgan fingerprint density at radius 1 is 1.30 bits per heavy atom. The van der Waals surface area contributed by atoms with Gasteiger partial charge in [-0.15, -0.1) is 5.10 Å². The molecule has 0 amide bonds. The van der Waals surface area contributed by atoms with Gasteiger partial charge in [-0.05, 0) is 30.5 Å². The Bertz CT molecular complexity index is 1280. The van der Waals surface area contributed by atoms with Crippen molar-refractivity contribution in [3.05, 3.63) is 70.2 Å². The summed E-state index contributed by atoms with van der Waals surface area (Å²) < 4.78 is 6.74. The number of aliphatic hydroxyl groups is 1. The first-order chi connectivity index (χ1) is 14.3. The molecule has 1 aromatic carbocycles. The van der Waals surface area contributed by atoms with Crippen LogP contribution in [0.2, 0.25) is 0 Å². The number of nitrogens with two attached hydrogens (primary N) is 1. The molecule has 0 radical (unpaired) electrons. The van der Waals surface area contributed by atoms with Crippen molar-refractivity contribution in [2.45, 2.75) is 18.9 Å². The minimum Gasteiger partial charge on any atom is -0.461 e. The number of nitro benzene ring substituents is 1. The van der Waals surface area contributed by atoms with Crippen molar-refractivity contribution in [2.75, 3.05) is 5.73 Å². The molecule has 150 valence electrons. The van der Waals surface area contributed by atoms with Crippen LogP contribution in [0.4, 0.5) is 11.5 Å². The van der Waals surface area contributed by atoms with Crippen molar-refractivity contribution in [2.24, 2.45) is 0 Å². The number of hydrogen-bond donors (Lipinski definition) is 2. The molecule has 0 aliphatic rings. The van der Waals surface area contributed by atoms with Crippen molar-refractivity contribution >= 4 is 17.2 Å². The number of anilines is 1. The van der Waals surface area contributed by atoms with Crippen LogP contribution in [-0.2, 0) is 6.42 Å². The SMILES string of the molecule is CC(O)(C#Cc1cn2nc(-c3ccco3)nc2c(N)n1)Cc1ccc([N+](=O)[O-])cc1. The molecule has 1 atom stereocenters. The highest BCUT2D eigenvalue weighted by Gasteiger charge is 2.19. The molecular weight excluding hydrogens is 388 g/mol. The van der Waals surface area contributed by atoms with Gasteiger partial charge in [0.05, 0.1) is 17.4 Å². The van der Waals surface area contributed by atoms with E-state index in [0.29, 0.717) is 28.5 Å². The van der Waals surface area contributed by atoms with E-state index in [4.69, 9.17) is 10.2 Å². The zero-order valence-corrected chi connectivity index (χ0v) is 15.8. The molecule has 0 spiro atoms. The molecule has 3 N–H and O–H groups in total. The fourth-order valence-electron chi connectivity index (χ4n) is 2.86. The third-order valence-corrected chi connectivity index (χ3v) is 4.24. The molecule has 1 unspecified atom stereocenters. The van der Waals surface area contributed by atoms with Crippen LogP contribution in [0.5, 0.6) is 0 Å². The van der Waals surface area contributed by atoms with Gasteiger partial charge in [-0.2, -0.15) is 0 Å². The van der Waals surface area contributed by atoms with Gasteiger partial charge >= 0.3 is 0 Å². The monoisotopic (exact) mass is 404 g/mol. The fraction of sp³-hybridized carbons (Fsp3) is 0.150. The number of nitrogens with zero attached hydrogens (tertiary/aromatic N) is 5. The number of fused-ring (bicyclic) bond motifs is 1. The van der Waals surface area contributed by atoms with E-state index in [2.05, 4.69) is 26.9 Å². The third kappa shape index (κ3) is 3.96. The van der Waals surface area contributed by atoms with Gasteiger partial charge in [0, 0.05) is 18.6 Å². The second kappa shape index (κ2) is 7.31. The molecule has 0 aliphatic carbocycles. The lowest BCUT2D eigenvalue weighted by atomic mass is 9.97. The van der Waals surface area contributed by atoms with Gasteiger partial charge < -0.3 is 15.3 Å². The van der Waals surface area contributed by atoms with Crippen LogP contribution in [-0.4, -0.2) is 35.2 Å². The van der Waals surface area contributed by atoms with E-state index in [1.165, 1.54) is 22.9 Å². The normalized spacial score (nSPS) is 12.9. The summed E-state index contributed by atoms with van der Waals surface area (Å²) in [6.07, 6.45) is 3.26. The summed E-state index contributed by atoms with van der Waals surface area (Å²) in [6.45, 7) is 1.55. The molecule has 0 saturated heterocycles. The number of non-ortho nitro benzene ring substituents is 1. The molecular formula is C20H16N6O4. The molecule has 10 heteroatoms. The Morgan fingerprint density at radius 2 is 2.07 bits per heavy atom. The highest BCUT2D eigenvalue weighted by atomic mass is 16.6. The highest BCUT2D eigenvalue weighted by molar-refractivity contribution is 5.64. The van der Waals surface area contributed by atoms with Crippen LogP contribution in [0.1, 0.15) is 18.2 Å². The minimum atomic E-state index is -1.39. The van der Waals surface area contributed by atoms with Crippen LogP contribution in [0.25, 0.3) is 17.2 Å². The maximum Gasteiger partial charge on any atom is 0.269 e. The Labute approximate surface area is 170 Å². The molecule has 0 fully saturated rings. The average molecular weight is 404 g/mol. The second-order valence-electron chi connectivity index (χ2n) is 6.82. The van der Waals surface area contributed by atoms with E-state index < -0.39 is 10.5 Å². The summed E-state index contributed by atoms with van der Waals surface area (Å²) in [5.74, 6) is 6.56. The Morgan fingerprint density at radius 3 is 2.73 bits per heavy atom. The second-order valence-corrected chi connectivity index (χ2v) is 6.82. The lowest BCUT2D eigenvalue weighted by molar-refractivity contribution is -0.384. The number of furan rings is 1. The molecule has 0 bridgehead atoms. The summed E-state index contributed by atoms with van der Waals surface area (Å²) in [4.78, 5) is 18.8. The van der Waals surface area contributed by atoms with Crippen LogP contribution in [0, 0.1) is 22.0 Å². The number of aromatic nitrogens is 4. The number of nitro groups is 1. The Balaban J connectivity index is 1.58. The molecule has 4 rings (SSSR count). The third-order valence-electron chi connectivity index (χ3n) is 4.24. The van der Waals surface area contributed by atoms with Gasteiger partial charge in [-0.25, -0.2) is 14.5 Å². The van der Waals surface area contributed by atoms with Crippen molar-refractivity contribution in [1.82, 2.24) is 19.6 Å². The number of benzene rings is 1. The topological polar surface area (TPSA) is 146 Å². The Hall–Kier alpha value is -4.23. The first kappa shape index (κ1) is 19.1. The molecule has 3 heterocycles. The van der Waals surface area contributed by atoms with Crippen LogP contribution < -0.4 is 5.73 Å². The average Bonchev–Trinajstić information content (AvgIpc) is 3.36. The van der Waals surface area contributed by atoms with Gasteiger partial charge in [0.15, 0.2) is 17.2 Å². The van der Waals surface area contributed by atoms with Crippen LogP contribution >= 0.6 is 0 Å². The van der Waals surface area contributed by atoms with Gasteiger partial charge in [-0.1, -0.05) is 18.1 Å². The predicted octanol–water partition coefficient (Wildman–Crippen LogP) is 2.22. The van der Waals surface area contributed by atoms with E-state index in [0.717, 1.165) is 0 Å².